The summed E-state index contributed by atoms with van der Waals surface area (Å²) in [5.41, 5.74) is -1.09. The number of aliphatic carboxylic acids is 1. The summed E-state index contributed by atoms with van der Waals surface area (Å²) in [6, 6.07) is 9.98. The van der Waals surface area contributed by atoms with Gasteiger partial charge in [-0.1, -0.05) is 41.9 Å². The molecule has 0 unspecified atom stereocenters. The first-order valence-electron chi connectivity index (χ1n) is 6.10. The van der Waals surface area contributed by atoms with Gasteiger partial charge in [0.15, 0.2) is 6.61 Å². The van der Waals surface area contributed by atoms with Gasteiger partial charge in [0.25, 0.3) is 0 Å². The molecule has 2 aromatic carbocycles. The molecule has 22 heavy (non-hydrogen) atoms. The maximum atomic E-state index is 13.3. The fourth-order valence-electron chi connectivity index (χ4n) is 1.99. The van der Waals surface area contributed by atoms with Gasteiger partial charge in [0.1, 0.15) is 5.75 Å². The lowest BCUT2D eigenvalue weighted by molar-refractivity contribution is -0.139. The lowest BCUT2D eigenvalue weighted by Crippen LogP contribution is -2.13. The summed E-state index contributed by atoms with van der Waals surface area (Å²) in [6.07, 6.45) is -4.70. The number of benzene rings is 2. The van der Waals surface area contributed by atoms with Gasteiger partial charge in [0, 0.05) is 5.56 Å². The van der Waals surface area contributed by atoms with E-state index in [-0.39, 0.29) is 16.9 Å². The van der Waals surface area contributed by atoms with Crippen molar-refractivity contribution in [3.05, 3.63) is 53.1 Å². The number of hydrogen-bond acceptors (Lipinski definition) is 2. The highest BCUT2D eigenvalue weighted by Gasteiger charge is 2.38. The van der Waals surface area contributed by atoms with E-state index in [2.05, 4.69) is 0 Å². The van der Waals surface area contributed by atoms with Crippen LogP contribution >= 0.6 is 11.6 Å². The van der Waals surface area contributed by atoms with E-state index in [9.17, 15) is 18.0 Å². The Kier molecular flexibility index (Phi) is 4.61. The van der Waals surface area contributed by atoms with Crippen LogP contribution in [0.15, 0.2) is 42.5 Å². The molecular formula is C15H10ClF3O3. The molecule has 0 radical (unpaired) electrons. The zero-order chi connectivity index (χ0) is 16.3. The molecule has 0 saturated carbocycles. The third-order valence-electron chi connectivity index (χ3n) is 2.81. The van der Waals surface area contributed by atoms with E-state index < -0.39 is 29.3 Å². The Bertz CT molecular complexity index is 684. The predicted molar refractivity (Wildman–Crippen MR) is 75.0 cm³/mol. The van der Waals surface area contributed by atoms with Crippen molar-refractivity contribution in [3.63, 3.8) is 0 Å². The molecule has 0 atom stereocenters. The Hall–Kier alpha value is -2.21. The highest BCUT2D eigenvalue weighted by molar-refractivity contribution is 6.32. The summed E-state index contributed by atoms with van der Waals surface area (Å²) < 4.78 is 44.9. The van der Waals surface area contributed by atoms with Crippen molar-refractivity contribution in [2.75, 3.05) is 6.61 Å². The fraction of sp³-hybridized carbons (Fsp3) is 0.133. The van der Waals surface area contributed by atoms with Crippen LogP contribution in [0, 0.1) is 0 Å². The molecule has 0 fully saturated rings. The van der Waals surface area contributed by atoms with Crippen LogP contribution in [0.4, 0.5) is 13.2 Å². The zero-order valence-electron chi connectivity index (χ0n) is 11.0. The molecule has 116 valence electrons. The van der Waals surface area contributed by atoms with Crippen LogP contribution in [0.25, 0.3) is 11.1 Å². The zero-order valence-corrected chi connectivity index (χ0v) is 11.8. The van der Waals surface area contributed by atoms with E-state index >= 15 is 0 Å². The molecule has 0 amide bonds. The molecule has 0 aliphatic carbocycles. The lowest BCUT2D eigenvalue weighted by Gasteiger charge is -2.18. The Morgan fingerprint density at radius 1 is 1.14 bits per heavy atom. The number of hydrogen-bond donors (Lipinski definition) is 1. The van der Waals surface area contributed by atoms with Gasteiger partial charge in [0.05, 0.1) is 10.6 Å². The first kappa shape index (κ1) is 16.2. The van der Waals surface area contributed by atoms with Gasteiger partial charge in [-0.15, -0.1) is 0 Å². The Labute approximate surface area is 128 Å². The first-order chi connectivity index (χ1) is 10.3. The van der Waals surface area contributed by atoms with Crippen molar-refractivity contribution < 1.29 is 27.8 Å². The van der Waals surface area contributed by atoms with Gasteiger partial charge in [-0.3, -0.25) is 0 Å². The predicted octanol–water partition coefficient (Wildman–Crippen LogP) is 4.49. The van der Waals surface area contributed by atoms with Gasteiger partial charge < -0.3 is 9.84 Å². The topological polar surface area (TPSA) is 46.5 Å². The highest BCUT2D eigenvalue weighted by atomic mass is 35.5. The second-order valence-corrected chi connectivity index (χ2v) is 4.75. The minimum atomic E-state index is -4.70. The third-order valence-corrected chi connectivity index (χ3v) is 3.13. The summed E-state index contributed by atoms with van der Waals surface area (Å²) >= 11 is 5.71. The van der Waals surface area contributed by atoms with Gasteiger partial charge in [-0.25, -0.2) is 4.79 Å². The molecular weight excluding hydrogens is 321 g/mol. The average Bonchev–Trinajstić information content (AvgIpc) is 2.45. The average molecular weight is 331 g/mol. The molecule has 0 aromatic heterocycles. The van der Waals surface area contributed by atoms with Crippen LogP contribution in [-0.4, -0.2) is 17.7 Å². The number of ether oxygens (including phenoxy) is 1. The van der Waals surface area contributed by atoms with Crippen molar-refractivity contribution in [2.24, 2.45) is 0 Å². The van der Waals surface area contributed by atoms with E-state index in [0.717, 1.165) is 6.07 Å². The van der Waals surface area contributed by atoms with Crippen LogP contribution in [0.2, 0.25) is 5.02 Å². The summed E-state index contributed by atoms with van der Waals surface area (Å²) in [5, 5.41) is 8.17. The number of carboxylic acids is 1. The molecule has 2 rings (SSSR count). The van der Waals surface area contributed by atoms with E-state index in [0.29, 0.717) is 0 Å². The van der Waals surface area contributed by atoms with Crippen molar-refractivity contribution in [1.82, 2.24) is 0 Å². The maximum Gasteiger partial charge on any atom is 0.418 e. The van der Waals surface area contributed by atoms with Crippen molar-refractivity contribution >= 4 is 17.6 Å². The second-order valence-electron chi connectivity index (χ2n) is 4.34. The molecule has 0 spiro atoms. The van der Waals surface area contributed by atoms with Crippen LogP contribution in [0.5, 0.6) is 5.75 Å². The van der Waals surface area contributed by atoms with Crippen molar-refractivity contribution in [3.8, 4) is 16.9 Å². The van der Waals surface area contributed by atoms with Crippen LogP contribution < -0.4 is 4.74 Å². The number of carboxylic acid groups (broad SMARTS) is 1. The highest BCUT2D eigenvalue weighted by Crippen LogP contribution is 2.45. The van der Waals surface area contributed by atoms with Crippen LogP contribution in [0.1, 0.15) is 5.56 Å². The van der Waals surface area contributed by atoms with E-state index in [4.69, 9.17) is 21.4 Å². The Balaban J connectivity index is 2.67. The standard InChI is InChI=1S/C15H10ClF3O3/c16-10-6-7-11(22-8-12(20)21)13(14(10)15(17,18)19)9-4-2-1-3-5-9/h1-7H,8H2,(H,20,21). The number of halogens is 4. The van der Waals surface area contributed by atoms with Crippen molar-refractivity contribution in [1.29, 1.82) is 0 Å². The Morgan fingerprint density at radius 2 is 1.77 bits per heavy atom. The normalized spacial score (nSPS) is 11.3. The minimum absolute atomic E-state index is 0.190. The van der Waals surface area contributed by atoms with Crippen LogP contribution in [0.3, 0.4) is 0 Å². The molecule has 0 aliphatic rings. The largest absolute Gasteiger partial charge is 0.481 e. The van der Waals surface area contributed by atoms with Crippen LogP contribution in [-0.2, 0) is 11.0 Å². The smallest absolute Gasteiger partial charge is 0.418 e. The van der Waals surface area contributed by atoms with E-state index in [1.165, 1.54) is 18.2 Å². The molecule has 3 nitrogen and oxygen atoms in total. The number of carbonyl (C=O) groups is 1. The third kappa shape index (κ3) is 3.51. The van der Waals surface area contributed by atoms with E-state index in [1.54, 1.807) is 18.2 Å². The summed E-state index contributed by atoms with van der Waals surface area (Å²) in [5.74, 6) is -1.48. The molecule has 7 heteroatoms. The van der Waals surface area contributed by atoms with Gasteiger partial charge in [-0.05, 0) is 17.7 Å². The first-order valence-corrected chi connectivity index (χ1v) is 6.48. The maximum absolute atomic E-state index is 13.3. The van der Waals surface area contributed by atoms with E-state index in [1.807, 2.05) is 0 Å². The van der Waals surface area contributed by atoms with Crippen molar-refractivity contribution in [2.45, 2.75) is 6.18 Å². The quantitative estimate of drug-likeness (QED) is 0.898. The number of rotatable bonds is 4. The van der Waals surface area contributed by atoms with Gasteiger partial charge in [-0.2, -0.15) is 13.2 Å². The van der Waals surface area contributed by atoms with Gasteiger partial charge in [0.2, 0.25) is 0 Å². The number of alkyl halides is 3. The molecule has 0 aliphatic heterocycles. The fourth-order valence-corrected chi connectivity index (χ4v) is 2.25. The molecule has 0 bridgehead atoms. The second kappa shape index (κ2) is 6.27. The minimum Gasteiger partial charge on any atom is -0.481 e. The lowest BCUT2D eigenvalue weighted by atomic mass is 9.98. The summed E-state index contributed by atoms with van der Waals surface area (Å²) in [7, 11) is 0. The molecule has 2 aromatic rings. The molecule has 0 heterocycles. The Morgan fingerprint density at radius 3 is 2.32 bits per heavy atom. The SMILES string of the molecule is O=C(O)COc1ccc(Cl)c(C(F)(F)F)c1-c1ccccc1. The van der Waals surface area contributed by atoms with Gasteiger partial charge >= 0.3 is 12.1 Å². The summed E-state index contributed by atoms with van der Waals surface area (Å²) in [6.45, 7) is -0.751. The summed E-state index contributed by atoms with van der Waals surface area (Å²) in [4.78, 5) is 10.6. The molecule has 0 saturated heterocycles. The molecule has 1 N–H and O–H groups in total. The monoisotopic (exact) mass is 330 g/mol.